The smallest absolute Gasteiger partial charge is 0.0945 e. The molecule has 0 heterocycles. The molecule has 0 spiro atoms. The van der Waals surface area contributed by atoms with E-state index in [0.717, 1.165) is 5.69 Å². The molecule has 0 aliphatic rings. The summed E-state index contributed by atoms with van der Waals surface area (Å²) in [5.74, 6) is 0. The van der Waals surface area contributed by atoms with Crippen LogP contribution in [0.2, 0.25) is 0 Å². The van der Waals surface area contributed by atoms with E-state index >= 15 is 0 Å². The second-order valence-electron chi connectivity index (χ2n) is 3.41. The largest absolute Gasteiger partial charge is 0.394 e. The predicted molar refractivity (Wildman–Crippen MR) is 64.6 cm³/mol. The maximum Gasteiger partial charge on any atom is 0.0945 e. The van der Waals surface area contributed by atoms with Gasteiger partial charge in [-0.25, -0.2) is 0 Å². The predicted octanol–water partition coefficient (Wildman–Crippen LogP) is 1.20. The van der Waals surface area contributed by atoms with Gasteiger partial charge in [-0.2, -0.15) is 0 Å². The Labute approximate surface area is 94.7 Å². The van der Waals surface area contributed by atoms with Crippen molar-refractivity contribution in [3.05, 3.63) is 24.3 Å². The minimum absolute atomic E-state index is 0.201. The van der Waals surface area contributed by atoms with Gasteiger partial charge in [-0.05, 0) is 30.5 Å². The van der Waals surface area contributed by atoms with Crippen molar-refractivity contribution in [2.45, 2.75) is 11.0 Å². The summed E-state index contributed by atoms with van der Waals surface area (Å²) in [5, 5.41) is 18.0. The van der Waals surface area contributed by atoms with Crippen molar-refractivity contribution in [1.29, 1.82) is 0 Å². The zero-order chi connectivity index (χ0) is 11.3. The van der Waals surface area contributed by atoms with E-state index in [-0.39, 0.29) is 6.61 Å². The summed E-state index contributed by atoms with van der Waals surface area (Å²) in [6.07, 6.45) is 1.35. The third-order valence-electron chi connectivity index (χ3n) is 2.21. The van der Waals surface area contributed by atoms with Gasteiger partial charge in [-0.3, -0.25) is 0 Å². The molecule has 2 N–H and O–H groups in total. The fourth-order valence-electron chi connectivity index (χ4n) is 1.32. The highest BCUT2D eigenvalue weighted by molar-refractivity contribution is 7.98. The first-order valence-electron chi connectivity index (χ1n) is 4.81. The number of anilines is 1. The lowest BCUT2D eigenvalue weighted by Crippen LogP contribution is -2.31. The highest BCUT2D eigenvalue weighted by atomic mass is 32.2. The van der Waals surface area contributed by atoms with Gasteiger partial charge in [0.25, 0.3) is 0 Å². The van der Waals surface area contributed by atoms with Crippen LogP contribution in [0.3, 0.4) is 0 Å². The molecule has 0 radical (unpaired) electrons. The third kappa shape index (κ3) is 3.74. The van der Waals surface area contributed by atoms with Crippen LogP contribution in [0.1, 0.15) is 0 Å². The molecule has 0 aliphatic heterocycles. The molecule has 1 aromatic carbocycles. The molecule has 15 heavy (non-hydrogen) atoms. The molecule has 0 amide bonds. The van der Waals surface area contributed by atoms with Gasteiger partial charge in [0, 0.05) is 24.2 Å². The van der Waals surface area contributed by atoms with Crippen LogP contribution in [0.25, 0.3) is 0 Å². The topological polar surface area (TPSA) is 43.7 Å². The minimum atomic E-state index is -0.685. The molecule has 3 nitrogen and oxygen atoms in total. The molecule has 1 rings (SSSR count). The molecule has 1 atom stereocenters. The molecule has 0 saturated heterocycles. The maximum atomic E-state index is 9.29. The monoisotopic (exact) mass is 227 g/mol. The Morgan fingerprint density at radius 3 is 2.40 bits per heavy atom. The number of hydrogen-bond acceptors (Lipinski definition) is 4. The zero-order valence-corrected chi connectivity index (χ0v) is 9.87. The Kier molecular flexibility index (Phi) is 4.94. The van der Waals surface area contributed by atoms with E-state index in [4.69, 9.17) is 5.11 Å². The minimum Gasteiger partial charge on any atom is -0.394 e. The first kappa shape index (κ1) is 12.4. The van der Waals surface area contributed by atoms with E-state index in [1.807, 2.05) is 42.5 Å². The molecule has 1 aromatic rings. The van der Waals surface area contributed by atoms with Crippen LogP contribution in [0.5, 0.6) is 0 Å². The van der Waals surface area contributed by atoms with Crippen LogP contribution in [0.15, 0.2) is 29.2 Å². The normalized spacial score (nSPS) is 12.5. The van der Waals surface area contributed by atoms with E-state index in [2.05, 4.69) is 0 Å². The molecule has 0 fully saturated rings. The molecule has 0 bridgehead atoms. The highest BCUT2D eigenvalue weighted by Crippen LogP contribution is 2.19. The van der Waals surface area contributed by atoms with Crippen molar-refractivity contribution in [1.82, 2.24) is 0 Å². The van der Waals surface area contributed by atoms with Gasteiger partial charge < -0.3 is 15.1 Å². The van der Waals surface area contributed by atoms with Crippen LogP contribution in [-0.2, 0) is 0 Å². The molecule has 0 aromatic heterocycles. The zero-order valence-electron chi connectivity index (χ0n) is 9.05. The van der Waals surface area contributed by atoms with Crippen LogP contribution in [-0.4, -0.2) is 42.8 Å². The van der Waals surface area contributed by atoms with E-state index < -0.39 is 6.10 Å². The summed E-state index contributed by atoms with van der Waals surface area (Å²) in [7, 11) is 1.90. The molecule has 1 unspecified atom stereocenters. The average molecular weight is 227 g/mol. The van der Waals surface area contributed by atoms with Crippen LogP contribution in [0, 0.1) is 0 Å². The SMILES string of the molecule is CSc1ccc(N(C)CC(O)CO)cc1. The van der Waals surface area contributed by atoms with Crippen molar-refractivity contribution in [3.63, 3.8) is 0 Å². The molecule has 0 aliphatic carbocycles. The number of aliphatic hydroxyl groups excluding tert-OH is 2. The van der Waals surface area contributed by atoms with E-state index in [9.17, 15) is 5.11 Å². The average Bonchev–Trinajstić information content (AvgIpc) is 2.29. The summed E-state index contributed by atoms with van der Waals surface area (Å²) in [6, 6.07) is 8.11. The van der Waals surface area contributed by atoms with Crippen LogP contribution < -0.4 is 4.90 Å². The Morgan fingerprint density at radius 2 is 1.93 bits per heavy atom. The molecule has 84 valence electrons. The molecule has 0 saturated carbocycles. The summed E-state index contributed by atoms with van der Waals surface area (Å²) in [5.41, 5.74) is 1.04. The number of hydrogen-bond donors (Lipinski definition) is 2. The lowest BCUT2D eigenvalue weighted by atomic mass is 10.2. The number of rotatable bonds is 5. The second kappa shape index (κ2) is 6.00. The van der Waals surface area contributed by atoms with Gasteiger partial charge in [0.2, 0.25) is 0 Å². The van der Waals surface area contributed by atoms with Gasteiger partial charge >= 0.3 is 0 Å². The Bertz CT molecular complexity index is 289. The summed E-state index contributed by atoms with van der Waals surface area (Å²) in [4.78, 5) is 3.14. The third-order valence-corrected chi connectivity index (χ3v) is 2.95. The van der Waals surface area contributed by atoms with Crippen molar-refractivity contribution in [2.75, 3.05) is 31.4 Å². The van der Waals surface area contributed by atoms with Crippen LogP contribution in [0.4, 0.5) is 5.69 Å². The maximum absolute atomic E-state index is 9.29. The fourth-order valence-corrected chi connectivity index (χ4v) is 1.72. The first-order chi connectivity index (χ1) is 7.17. The van der Waals surface area contributed by atoms with Gasteiger partial charge in [-0.1, -0.05) is 0 Å². The fraction of sp³-hybridized carbons (Fsp3) is 0.455. The lowest BCUT2D eigenvalue weighted by molar-refractivity contribution is 0.101. The quantitative estimate of drug-likeness (QED) is 0.742. The number of aliphatic hydroxyl groups is 2. The van der Waals surface area contributed by atoms with Gasteiger partial charge in [0.05, 0.1) is 12.7 Å². The van der Waals surface area contributed by atoms with Gasteiger partial charge in [0.15, 0.2) is 0 Å². The summed E-state index contributed by atoms with van der Waals surface area (Å²) < 4.78 is 0. The Balaban J connectivity index is 2.61. The Morgan fingerprint density at radius 1 is 1.33 bits per heavy atom. The lowest BCUT2D eigenvalue weighted by Gasteiger charge is -2.21. The van der Waals surface area contributed by atoms with Crippen molar-refractivity contribution >= 4 is 17.4 Å². The van der Waals surface area contributed by atoms with E-state index in [1.165, 1.54) is 4.90 Å². The first-order valence-corrected chi connectivity index (χ1v) is 6.04. The highest BCUT2D eigenvalue weighted by Gasteiger charge is 2.07. The Hall–Kier alpha value is -0.710. The summed E-state index contributed by atoms with van der Waals surface area (Å²) in [6.45, 7) is 0.238. The number of nitrogens with zero attached hydrogens (tertiary/aromatic N) is 1. The van der Waals surface area contributed by atoms with Crippen LogP contribution >= 0.6 is 11.8 Å². The van der Waals surface area contributed by atoms with E-state index in [1.54, 1.807) is 11.8 Å². The van der Waals surface area contributed by atoms with E-state index in [0.29, 0.717) is 6.54 Å². The standard InChI is InChI=1S/C11H17NO2S/c1-12(7-10(14)8-13)9-3-5-11(15-2)6-4-9/h3-6,10,13-14H,7-8H2,1-2H3. The van der Waals surface area contributed by atoms with Gasteiger partial charge in [0.1, 0.15) is 0 Å². The molecule has 4 heteroatoms. The van der Waals surface area contributed by atoms with Gasteiger partial charge in [-0.15, -0.1) is 11.8 Å². The molecular weight excluding hydrogens is 210 g/mol. The number of likely N-dealkylation sites (N-methyl/N-ethyl adjacent to an activating group) is 1. The van der Waals surface area contributed by atoms with Crippen molar-refractivity contribution in [3.8, 4) is 0 Å². The number of thioether (sulfide) groups is 1. The second-order valence-corrected chi connectivity index (χ2v) is 4.29. The van der Waals surface area contributed by atoms with Crippen molar-refractivity contribution < 1.29 is 10.2 Å². The van der Waals surface area contributed by atoms with Crippen molar-refractivity contribution in [2.24, 2.45) is 0 Å². The number of benzene rings is 1. The summed E-state index contributed by atoms with van der Waals surface area (Å²) >= 11 is 1.70. The molecular formula is C11H17NO2S.